The molecule has 0 fully saturated rings. The first-order valence-corrected chi connectivity index (χ1v) is 13.2. The monoisotopic (exact) mass is 534 g/mol. The number of carbonyl (C=O) groups is 2. The fourth-order valence-electron chi connectivity index (χ4n) is 5.06. The van der Waals surface area contributed by atoms with Crippen molar-refractivity contribution in [3.05, 3.63) is 107 Å². The third-order valence-electron chi connectivity index (χ3n) is 6.88. The van der Waals surface area contributed by atoms with Gasteiger partial charge in [-0.1, -0.05) is 60.1 Å². The van der Waals surface area contributed by atoms with Crippen LogP contribution in [0.15, 0.2) is 91.0 Å². The summed E-state index contributed by atoms with van der Waals surface area (Å²) in [4.78, 5) is 26.2. The van der Waals surface area contributed by atoms with E-state index in [-0.39, 0.29) is 35.6 Å². The Morgan fingerprint density at radius 1 is 0.821 bits per heavy atom. The van der Waals surface area contributed by atoms with Gasteiger partial charge >= 0.3 is 0 Å². The van der Waals surface area contributed by atoms with Crippen LogP contribution in [0.4, 0.5) is 11.4 Å². The zero-order chi connectivity index (χ0) is 27.4. The van der Waals surface area contributed by atoms with Crippen molar-refractivity contribution in [2.75, 3.05) is 10.6 Å². The third-order valence-corrected chi connectivity index (χ3v) is 7.19. The minimum absolute atomic E-state index is 0.109. The van der Waals surface area contributed by atoms with E-state index in [1.165, 1.54) is 0 Å². The first-order chi connectivity index (χ1) is 19.0. The Hall–Kier alpha value is -4.60. The van der Waals surface area contributed by atoms with Crippen LogP contribution in [-0.2, 0) is 16.1 Å². The zero-order valence-corrected chi connectivity index (χ0v) is 22.2. The molecule has 4 aromatic carbocycles. The number of amides is 2. The van der Waals surface area contributed by atoms with Crippen molar-refractivity contribution in [2.45, 2.75) is 32.2 Å². The zero-order valence-electron chi connectivity index (χ0n) is 21.4. The van der Waals surface area contributed by atoms with Gasteiger partial charge in [0.1, 0.15) is 6.07 Å². The van der Waals surface area contributed by atoms with E-state index in [0.717, 1.165) is 39.6 Å². The number of nitrogens with zero attached hydrogens (tertiary/aromatic N) is 2. The minimum atomic E-state index is -0.328. The van der Waals surface area contributed by atoms with Gasteiger partial charge in [-0.05, 0) is 55.0 Å². The number of aryl methyl sites for hydroxylation is 1. The lowest BCUT2D eigenvalue weighted by Crippen LogP contribution is -2.20. The smallest absolute Gasteiger partial charge is 0.225 e. The van der Waals surface area contributed by atoms with Gasteiger partial charge in [-0.2, -0.15) is 5.26 Å². The summed E-state index contributed by atoms with van der Waals surface area (Å²) in [7, 11) is 0. The highest BCUT2D eigenvalue weighted by molar-refractivity contribution is 6.32. The lowest BCUT2D eigenvalue weighted by Gasteiger charge is -2.17. The topological polar surface area (TPSA) is 86.9 Å². The second kappa shape index (κ2) is 11.4. The molecule has 0 spiro atoms. The van der Waals surface area contributed by atoms with E-state index in [1.807, 2.05) is 66.7 Å². The molecular weight excluding hydrogens is 508 g/mol. The predicted molar refractivity (Wildman–Crippen MR) is 157 cm³/mol. The molecule has 1 heterocycles. The van der Waals surface area contributed by atoms with Crippen LogP contribution in [0.3, 0.4) is 0 Å². The molecule has 0 radical (unpaired) electrons. The molecule has 0 saturated carbocycles. The highest BCUT2D eigenvalue weighted by Gasteiger charge is 2.21. The molecule has 1 aromatic heterocycles. The van der Waals surface area contributed by atoms with Gasteiger partial charge in [-0.15, -0.1) is 0 Å². The summed E-state index contributed by atoms with van der Waals surface area (Å²) in [5, 5.41) is 17.5. The summed E-state index contributed by atoms with van der Waals surface area (Å²) in [6.45, 7) is 2.97. The van der Waals surface area contributed by atoms with Crippen LogP contribution in [0.5, 0.6) is 0 Å². The number of rotatable bonds is 8. The van der Waals surface area contributed by atoms with Gasteiger partial charge in [0.2, 0.25) is 11.8 Å². The number of para-hydroxylation sites is 1. The average Bonchev–Trinajstić information content (AvgIpc) is 3.26. The van der Waals surface area contributed by atoms with E-state index in [9.17, 15) is 9.59 Å². The summed E-state index contributed by atoms with van der Waals surface area (Å²) in [6, 6.07) is 30.5. The van der Waals surface area contributed by atoms with Crippen LogP contribution >= 0.6 is 11.6 Å². The van der Waals surface area contributed by atoms with Crippen molar-refractivity contribution in [1.29, 1.82) is 5.26 Å². The number of fused-ring (bicyclic) bond motifs is 3. The Balaban J connectivity index is 1.33. The Morgan fingerprint density at radius 2 is 1.44 bits per heavy atom. The largest absolute Gasteiger partial charge is 0.341 e. The first-order valence-electron chi connectivity index (χ1n) is 12.8. The molecule has 0 saturated heterocycles. The maximum absolute atomic E-state index is 13.2. The van der Waals surface area contributed by atoms with E-state index in [0.29, 0.717) is 11.3 Å². The molecule has 6 nitrogen and oxygen atoms in total. The average molecular weight is 535 g/mol. The van der Waals surface area contributed by atoms with Crippen molar-refractivity contribution in [1.82, 2.24) is 4.57 Å². The molecule has 2 amide bonds. The van der Waals surface area contributed by atoms with Gasteiger partial charge in [0.05, 0.1) is 10.6 Å². The van der Waals surface area contributed by atoms with Gasteiger partial charge in [0.25, 0.3) is 0 Å². The van der Waals surface area contributed by atoms with Crippen LogP contribution in [-0.4, -0.2) is 16.4 Å². The molecule has 5 aromatic rings. The van der Waals surface area contributed by atoms with Crippen molar-refractivity contribution in [3.63, 3.8) is 0 Å². The van der Waals surface area contributed by atoms with Gasteiger partial charge < -0.3 is 15.2 Å². The van der Waals surface area contributed by atoms with Crippen molar-refractivity contribution in [2.24, 2.45) is 0 Å². The Morgan fingerprint density at radius 3 is 2.10 bits per heavy atom. The molecule has 194 valence electrons. The number of benzene rings is 4. The van der Waals surface area contributed by atoms with Gasteiger partial charge in [0, 0.05) is 58.5 Å². The van der Waals surface area contributed by atoms with E-state index < -0.39 is 0 Å². The maximum atomic E-state index is 13.2. The van der Waals surface area contributed by atoms with Crippen LogP contribution in [0.1, 0.15) is 36.8 Å². The number of nitriles is 1. The Labute approximate surface area is 231 Å². The van der Waals surface area contributed by atoms with Gasteiger partial charge in [-0.25, -0.2) is 0 Å². The molecule has 1 unspecified atom stereocenters. The van der Waals surface area contributed by atoms with E-state index >= 15 is 0 Å². The first kappa shape index (κ1) is 26.0. The molecule has 7 heteroatoms. The highest BCUT2D eigenvalue weighted by Crippen LogP contribution is 2.32. The quantitative estimate of drug-likeness (QED) is 0.216. The summed E-state index contributed by atoms with van der Waals surface area (Å²) >= 11 is 6.11. The molecule has 2 N–H and O–H groups in total. The normalized spacial score (nSPS) is 11.7. The standard InChI is InChI=1S/C32H27ClN4O2/c1-2-37-29-11-7-6-10-26(29)27-18-24(14-15-30(27)37)35-31(38)16-23(21-8-4-3-5-9-21)17-32(39)36-25-13-12-22(20-34)28(33)19-25/h3-15,18-19,23H,2,16-17H2,1H3,(H,35,38)(H,36,39). The molecule has 39 heavy (non-hydrogen) atoms. The van der Waals surface area contributed by atoms with Gasteiger partial charge in [0.15, 0.2) is 0 Å². The second-order valence-electron chi connectivity index (χ2n) is 9.41. The van der Waals surface area contributed by atoms with E-state index in [4.69, 9.17) is 16.9 Å². The van der Waals surface area contributed by atoms with Crippen molar-refractivity contribution in [3.8, 4) is 6.07 Å². The van der Waals surface area contributed by atoms with Gasteiger partial charge in [-0.3, -0.25) is 9.59 Å². The molecule has 5 rings (SSSR count). The number of hydrogen-bond acceptors (Lipinski definition) is 3. The van der Waals surface area contributed by atoms with Crippen LogP contribution < -0.4 is 10.6 Å². The van der Waals surface area contributed by atoms with Crippen molar-refractivity contribution >= 4 is 56.6 Å². The fourth-order valence-corrected chi connectivity index (χ4v) is 5.28. The van der Waals surface area contributed by atoms with Crippen LogP contribution in [0, 0.1) is 11.3 Å². The number of aromatic nitrogens is 1. The lowest BCUT2D eigenvalue weighted by molar-refractivity contribution is -0.118. The van der Waals surface area contributed by atoms with Crippen molar-refractivity contribution < 1.29 is 9.59 Å². The molecule has 0 bridgehead atoms. The summed E-state index contributed by atoms with van der Waals surface area (Å²) in [5.41, 5.74) is 4.75. The molecule has 0 aliphatic rings. The fraction of sp³-hybridized carbons (Fsp3) is 0.156. The summed E-state index contributed by atoms with van der Waals surface area (Å²) < 4.78 is 2.27. The molecule has 0 aliphatic carbocycles. The minimum Gasteiger partial charge on any atom is -0.341 e. The number of nitrogens with one attached hydrogen (secondary N) is 2. The number of carbonyl (C=O) groups excluding carboxylic acids is 2. The maximum Gasteiger partial charge on any atom is 0.225 e. The second-order valence-corrected chi connectivity index (χ2v) is 9.82. The number of halogens is 1. The van der Waals surface area contributed by atoms with E-state index in [2.05, 4.69) is 34.3 Å². The Bertz CT molecular complexity index is 1720. The predicted octanol–water partition coefficient (Wildman–Crippen LogP) is 7.48. The Kier molecular flexibility index (Phi) is 7.62. The third kappa shape index (κ3) is 5.64. The molecule has 1 atom stereocenters. The molecule has 0 aliphatic heterocycles. The van der Waals surface area contributed by atoms with Crippen LogP contribution in [0.2, 0.25) is 5.02 Å². The number of hydrogen-bond donors (Lipinski definition) is 2. The van der Waals surface area contributed by atoms with E-state index in [1.54, 1.807) is 18.2 Å². The highest BCUT2D eigenvalue weighted by atomic mass is 35.5. The molecular formula is C32H27ClN4O2. The number of anilines is 2. The lowest BCUT2D eigenvalue weighted by atomic mass is 9.91. The summed E-state index contributed by atoms with van der Waals surface area (Å²) in [5.74, 6) is -0.742. The summed E-state index contributed by atoms with van der Waals surface area (Å²) in [6.07, 6.45) is 0.248. The SMILES string of the molecule is CCn1c2ccccc2c2cc(NC(=O)CC(CC(=O)Nc3ccc(C#N)c(Cl)c3)c3ccccc3)ccc21. The van der Waals surface area contributed by atoms with Crippen LogP contribution in [0.25, 0.3) is 21.8 Å².